The van der Waals surface area contributed by atoms with Gasteiger partial charge in [-0.05, 0) is 73.8 Å². The Morgan fingerprint density at radius 3 is 2.13 bits per heavy atom. The van der Waals surface area contributed by atoms with E-state index in [4.69, 9.17) is 4.74 Å². The van der Waals surface area contributed by atoms with Crippen molar-refractivity contribution in [3.63, 3.8) is 0 Å². The lowest BCUT2D eigenvalue weighted by molar-refractivity contribution is -0.00599. The fourth-order valence-electron chi connectivity index (χ4n) is 5.97. The second kappa shape index (κ2) is 5.12. The molecule has 1 nitrogen and oxygen atoms in total. The van der Waals surface area contributed by atoms with E-state index in [9.17, 15) is 0 Å². The maximum absolute atomic E-state index is 6.24. The highest BCUT2D eigenvalue weighted by molar-refractivity contribution is 5.43. The van der Waals surface area contributed by atoms with Crippen LogP contribution in [-0.2, 0) is 5.41 Å². The van der Waals surface area contributed by atoms with Gasteiger partial charge in [-0.1, -0.05) is 36.4 Å². The van der Waals surface area contributed by atoms with Crippen LogP contribution in [0.1, 0.15) is 44.1 Å². The maximum Gasteiger partial charge on any atom is 0.139 e. The van der Waals surface area contributed by atoms with E-state index in [0.717, 1.165) is 29.3 Å². The van der Waals surface area contributed by atoms with E-state index in [2.05, 4.69) is 18.2 Å². The SMILES string of the molecule is [c]1cccc(C23CC4CC(CC(C4)C2)C3)c1Oc1ccccc1. The van der Waals surface area contributed by atoms with Gasteiger partial charge in [0.15, 0.2) is 0 Å². The van der Waals surface area contributed by atoms with Crippen molar-refractivity contribution in [1.82, 2.24) is 0 Å². The number of hydrogen-bond donors (Lipinski definition) is 0. The van der Waals surface area contributed by atoms with Crippen molar-refractivity contribution in [3.8, 4) is 11.5 Å². The molecular formula is C22H23O. The molecule has 4 fully saturated rings. The van der Waals surface area contributed by atoms with Gasteiger partial charge in [0.2, 0.25) is 0 Å². The molecule has 4 bridgehead atoms. The zero-order chi connectivity index (χ0) is 15.3. The highest BCUT2D eigenvalue weighted by Gasteiger charge is 2.52. The van der Waals surface area contributed by atoms with Crippen LogP contribution >= 0.6 is 0 Å². The fraction of sp³-hybridized carbons (Fsp3) is 0.455. The van der Waals surface area contributed by atoms with Crippen LogP contribution in [-0.4, -0.2) is 0 Å². The van der Waals surface area contributed by atoms with Gasteiger partial charge in [-0.25, -0.2) is 0 Å². The lowest BCUT2D eigenvalue weighted by atomic mass is 9.48. The Labute approximate surface area is 138 Å². The molecule has 23 heavy (non-hydrogen) atoms. The summed E-state index contributed by atoms with van der Waals surface area (Å²) in [5, 5.41) is 0. The summed E-state index contributed by atoms with van der Waals surface area (Å²) in [5.74, 6) is 4.73. The minimum atomic E-state index is 0.358. The molecule has 0 unspecified atom stereocenters. The second-order valence-corrected chi connectivity index (χ2v) is 8.03. The predicted molar refractivity (Wildman–Crippen MR) is 91.6 cm³/mol. The average Bonchev–Trinajstić information content (AvgIpc) is 2.55. The molecule has 6 rings (SSSR count). The van der Waals surface area contributed by atoms with E-state index in [-0.39, 0.29) is 0 Å². The molecule has 4 aliphatic carbocycles. The molecule has 0 heterocycles. The van der Waals surface area contributed by atoms with Crippen molar-refractivity contribution in [2.45, 2.75) is 43.9 Å². The van der Waals surface area contributed by atoms with E-state index in [0.29, 0.717) is 5.41 Å². The Hall–Kier alpha value is -1.76. The summed E-state index contributed by atoms with van der Waals surface area (Å²) >= 11 is 0. The van der Waals surface area contributed by atoms with Crippen molar-refractivity contribution in [2.24, 2.45) is 17.8 Å². The van der Waals surface area contributed by atoms with Crippen LogP contribution in [0.15, 0.2) is 48.5 Å². The van der Waals surface area contributed by atoms with E-state index in [1.54, 1.807) is 0 Å². The first-order chi connectivity index (χ1) is 11.3. The molecule has 0 N–H and O–H groups in total. The standard InChI is InChI=1S/C22H23O/c1-2-6-19(7-3-1)23-21-9-5-4-8-20(21)22-13-16-10-17(14-22)12-18(11-16)15-22/h1-8,16-18H,10-15H2. The molecule has 1 radical (unpaired) electrons. The zero-order valence-corrected chi connectivity index (χ0v) is 13.5. The molecule has 0 saturated heterocycles. The quantitative estimate of drug-likeness (QED) is 0.702. The van der Waals surface area contributed by atoms with E-state index in [1.165, 1.54) is 44.1 Å². The lowest BCUT2D eigenvalue weighted by Crippen LogP contribution is -2.48. The number of benzene rings is 2. The van der Waals surface area contributed by atoms with Gasteiger partial charge in [0.1, 0.15) is 11.5 Å². The summed E-state index contributed by atoms with van der Waals surface area (Å²) in [5.41, 5.74) is 1.78. The number of ether oxygens (including phenoxy) is 1. The number of hydrogen-bond acceptors (Lipinski definition) is 1. The summed E-state index contributed by atoms with van der Waals surface area (Å²) < 4.78 is 6.24. The van der Waals surface area contributed by atoms with Crippen LogP contribution in [0.25, 0.3) is 0 Å². The highest BCUT2D eigenvalue weighted by Crippen LogP contribution is 2.61. The summed E-state index contributed by atoms with van der Waals surface area (Å²) in [7, 11) is 0. The number of rotatable bonds is 3. The Morgan fingerprint density at radius 2 is 1.48 bits per heavy atom. The zero-order valence-electron chi connectivity index (χ0n) is 13.5. The molecule has 0 spiro atoms. The molecule has 1 heteroatoms. The van der Waals surface area contributed by atoms with Gasteiger partial charge in [-0.15, -0.1) is 0 Å². The van der Waals surface area contributed by atoms with Gasteiger partial charge in [0, 0.05) is 11.6 Å². The molecule has 0 amide bonds. The van der Waals surface area contributed by atoms with Crippen molar-refractivity contribution < 1.29 is 4.74 Å². The van der Waals surface area contributed by atoms with E-state index in [1.807, 2.05) is 36.4 Å². The minimum Gasteiger partial charge on any atom is -0.456 e. The predicted octanol–water partition coefficient (Wildman–Crippen LogP) is 5.75. The van der Waals surface area contributed by atoms with Gasteiger partial charge in [-0.3, -0.25) is 0 Å². The van der Waals surface area contributed by atoms with Crippen molar-refractivity contribution >= 4 is 0 Å². The third-order valence-corrected chi connectivity index (χ3v) is 6.39. The van der Waals surface area contributed by atoms with Crippen LogP contribution in [0.2, 0.25) is 0 Å². The van der Waals surface area contributed by atoms with Crippen molar-refractivity contribution in [2.75, 3.05) is 0 Å². The minimum absolute atomic E-state index is 0.358. The first-order valence-electron chi connectivity index (χ1n) is 9.05. The maximum atomic E-state index is 6.24. The van der Waals surface area contributed by atoms with Gasteiger partial charge >= 0.3 is 0 Å². The molecule has 0 aromatic heterocycles. The summed E-state index contributed by atoms with van der Waals surface area (Å²) in [6.45, 7) is 0. The molecule has 4 saturated carbocycles. The average molecular weight is 303 g/mol. The van der Waals surface area contributed by atoms with Gasteiger partial charge in [0.05, 0.1) is 0 Å². The first kappa shape index (κ1) is 13.7. The van der Waals surface area contributed by atoms with Crippen LogP contribution in [0, 0.1) is 23.8 Å². The van der Waals surface area contributed by atoms with Gasteiger partial charge in [0.25, 0.3) is 0 Å². The normalized spacial score (nSPS) is 34.5. The Morgan fingerprint density at radius 1 is 0.826 bits per heavy atom. The molecule has 2 aromatic rings. The topological polar surface area (TPSA) is 9.23 Å². The van der Waals surface area contributed by atoms with Crippen LogP contribution in [0.5, 0.6) is 11.5 Å². The second-order valence-electron chi connectivity index (χ2n) is 8.03. The molecule has 2 aromatic carbocycles. The summed E-state index contributed by atoms with van der Waals surface area (Å²) in [6, 6.07) is 20.0. The highest BCUT2D eigenvalue weighted by atomic mass is 16.5. The first-order valence-corrected chi connectivity index (χ1v) is 9.05. The van der Waals surface area contributed by atoms with Gasteiger partial charge in [-0.2, -0.15) is 0 Å². The third-order valence-electron chi connectivity index (χ3n) is 6.39. The Bertz CT molecular complexity index is 668. The van der Waals surface area contributed by atoms with Crippen LogP contribution in [0.4, 0.5) is 0 Å². The van der Waals surface area contributed by atoms with Crippen molar-refractivity contribution in [3.05, 3.63) is 60.2 Å². The number of para-hydroxylation sites is 2. The largest absolute Gasteiger partial charge is 0.456 e. The molecule has 0 aliphatic heterocycles. The molecule has 117 valence electrons. The Balaban J connectivity index is 1.54. The fourth-order valence-corrected chi connectivity index (χ4v) is 5.97. The van der Waals surface area contributed by atoms with E-state index < -0.39 is 0 Å². The van der Waals surface area contributed by atoms with Crippen molar-refractivity contribution in [1.29, 1.82) is 0 Å². The molecule has 4 aliphatic rings. The summed E-state index contributed by atoms with van der Waals surface area (Å²) in [6.07, 6.45) is 8.52. The molecule has 0 atom stereocenters. The van der Waals surface area contributed by atoms with Crippen LogP contribution in [0.3, 0.4) is 0 Å². The Kier molecular flexibility index (Phi) is 3.04. The third kappa shape index (κ3) is 2.29. The van der Waals surface area contributed by atoms with E-state index >= 15 is 0 Å². The monoisotopic (exact) mass is 303 g/mol. The lowest BCUT2D eigenvalue weighted by Gasteiger charge is -2.57. The van der Waals surface area contributed by atoms with Crippen LogP contribution < -0.4 is 4.74 Å². The molecular weight excluding hydrogens is 280 g/mol. The summed E-state index contributed by atoms with van der Waals surface area (Å²) in [4.78, 5) is 0. The van der Waals surface area contributed by atoms with Gasteiger partial charge < -0.3 is 4.74 Å². The smallest absolute Gasteiger partial charge is 0.139 e.